The summed E-state index contributed by atoms with van der Waals surface area (Å²) in [6.07, 6.45) is 1.93. The number of rotatable bonds is 2. The molecule has 1 aromatic carbocycles. The van der Waals surface area contributed by atoms with Crippen LogP contribution in [-0.4, -0.2) is 4.98 Å². The minimum atomic E-state index is 0.495. The predicted octanol–water partition coefficient (Wildman–Crippen LogP) is 4.90. The Morgan fingerprint density at radius 1 is 1.31 bits per heavy atom. The van der Waals surface area contributed by atoms with E-state index in [2.05, 4.69) is 24.9 Å². The summed E-state index contributed by atoms with van der Waals surface area (Å²) in [7, 11) is 0. The SMILES string of the molecule is Cc1ncc(-c2cc(Cl)ccc2C(C)C)s1. The summed E-state index contributed by atoms with van der Waals surface area (Å²) in [5.41, 5.74) is 2.54. The smallest absolute Gasteiger partial charge is 0.0900 e. The molecule has 0 spiro atoms. The number of hydrogen-bond donors (Lipinski definition) is 0. The standard InChI is InChI=1S/C13H14ClNS/c1-8(2)11-5-4-10(14)6-12(11)13-7-15-9(3)16-13/h4-8H,1-3H3. The Kier molecular flexibility index (Phi) is 3.31. The number of thiazole rings is 1. The van der Waals surface area contributed by atoms with Crippen LogP contribution in [0.25, 0.3) is 10.4 Å². The number of benzene rings is 1. The Morgan fingerprint density at radius 2 is 2.06 bits per heavy atom. The summed E-state index contributed by atoms with van der Waals surface area (Å²) < 4.78 is 0. The van der Waals surface area contributed by atoms with Gasteiger partial charge in [0.2, 0.25) is 0 Å². The molecule has 16 heavy (non-hydrogen) atoms. The van der Waals surface area contributed by atoms with Crippen LogP contribution in [0.5, 0.6) is 0 Å². The summed E-state index contributed by atoms with van der Waals surface area (Å²) >= 11 is 7.77. The highest BCUT2D eigenvalue weighted by Gasteiger charge is 2.11. The van der Waals surface area contributed by atoms with Crippen LogP contribution in [0.4, 0.5) is 0 Å². The molecule has 0 radical (unpaired) electrons. The molecule has 2 aromatic rings. The molecular weight excluding hydrogens is 238 g/mol. The third kappa shape index (κ3) is 2.28. The summed E-state index contributed by atoms with van der Waals surface area (Å²) in [6, 6.07) is 6.09. The molecule has 0 fully saturated rings. The first-order chi connectivity index (χ1) is 7.58. The molecule has 3 heteroatoms. The maximum absolute atomic E-state index is 6.06. The molecule has 0 atom stereocenters. The molecule has 0 bridgehead atoms. The predicted molar refractivity (Wildman–Crippen MR) is 71.4 cm³/mol. The van der Waals surface area contributed by atoms with Crippen molar-refractivity contribution in [2.24, 2.45) is 0 Å². The monoisotopic (exact) mass is 251 g/mol. The fourth-order valence-corrected chi connectivity index (χ4v) is 2.72. The van der Waals surface area contributed by atoms with Gasteiger partial charge in [0.05, 0.1) is 9.88 Å². The molecule has 0 N–H and O–H groups in total. The summed E-state index contributed by atoms with van der Waals surface area (Å²) in [5, 5.41) is 1.87. The van der Waals surface area contributed by atoms with Crippen molar-refractivity contribution in [1.82, 2.24) is 4.98 Å². The molecule has 1 heterocycles. The molecule has 1 aromatic heterocycles. The molecule has 0 aliphatic rings. The number of nitrogens with zero attached hydrogens (tertiary/aromatic N) is 1. The lowest BCUT2D eigenvalue weighted by atomic mass is 9.97. The molecule has 84 valence electrons. The van der Waals surface area contributed by atoms with E-state index in [9.17, 15) is 0 Å². The average molecular weight is 252 g/mol. The van der Waals surface area contributed by atoms with E-state index in [1.165, 1.54) is 16.0 Å². The Hall–Kier alpha value is -0.860. The maximum atomic E-state index is 6.06. The number of halogens is 1. The normalized spacial score (nSPS) is 11.1. The van der Waals surface area contributed by atoms with Gasteiger partial charge < -0.3 is 0 Å². The number of hydrogen-bond acceptors (Lipinski definition) is 2. The van der Waals surface area contributed by atoms with E-state index >= 15 is 0 Å². The van der Waals surface area contributed by atoms with Gasteiger partial charge in [-0.25, -0.2) is 4.98 Å². The van der Waals surface area contributed by atoms with Gasteiger partial charge in [-0.15, -0.1) is 11.3 Å². The van der Waals surface area contributed by atoms with Crippen LogP contribution in [0.15, 0.2) is 24.4 Å². The van der Waals surface area contributed by atoms with Gasteiger partial charge in [0.1, 0.15) is 0 Å². The summed E-state index contributed by atoms with van der Waals surface area (Å²) in [6.45, 7) is 6.41. The van der Waals surface area contributed by atoms with E-state index in [4.69, 9.17) is 11.6 Å². The lowest BCUT2D eigenvalue weighted by Crippen LogP contribution is -1.90. The van der Waals surface area contributed by atoms with Gasteiger partial charge in [-0.05, 0) is 36.1 Å². The molecule has 0 saturated carbocycles. The van der Waals surface area contributed by atoms with Gasteiger partial charge in [-0.1, -0.05) is 31.5 Å². The van der Waals surface area contributed by atoms with Crippen molar-refractivity contribution in [2.45, 2.75) is 26.7 Å². The molecule has 0 aliphatic heterocycles. The summed E-state index contributed by atoms with van der Waals surface area (Å²) in [4.78, 5) is 5.50. The Bertz CT molecular complexity index is 502. The third-order valence-corrected chi connectivity index (χ3v) is 3.71. The third-order valence-electron chi connectivity index (χ3n) is 2.52. The highest BCUT2D eigenvalue weighted by molar-refractivity contribution is 7.15. The topological polar surface area (TPSA) is 12.9 Å². The molecular formula is C13H14ClNS. The molecule has 1 nitrogen and oxygen atoms in total. The van der Waals surface area contributed by atoms with Crippen molar-refractivity contribution in [3.63, 3.8) is 0 Å². The van der Waals surface area contributed by atoms with E-state index in [-0.39, 0.29) is 0 Å². The van der Waals surface area contributed by atoms with Crippen molar-refractivity contribution in [2.75, 3.05) is 0 Å². The van der Waals surface area contributed by atoms with Crippen LogP contribution in [0.3, 0.4) is 0 Å². The number of aromatic nitrogens is 1. The Labute approximate surface area is 105 Å². The van der Waals surface area contributed by atoms with Crippen LogP contribution < -0.4 is 0 Å². The molecule has 0 amide bonds. The Morgan fingerprint density at radius 3 is 2.62 bits per heavy atom. The van der Waals surface area contributed by atoms with Crippen molar-refractivity contribution in [1.29, 1.82) is 0 Å². The molecule has 0 aliphatic carbocycles. The fraction of sp³-hybridized carbons (Fsp3) is 0.308. The second kappa shape index (κ2) is 4.56. The molecule has 0 saturated heterocycles. The second-order valence-corrected chi connectivity index (χ2v) is 5.80. The fourth-order valence-electron chi connectivity index (χ4n) is 1.73. The van der Waals surface area contributed by atoms with Gasteiger partial charge >= 0.3 is 0 Å². The maximum Gasteiger partial charge on any atom is 0.0900 e. The average Bonchev–Trinajstić information content (AvgIpc) is 2.64. The minimum Gasteiger partial charge on any atom is -0.249 e. The van der Waals surface area contributed by atoms with Gasteiger partial charge in [0, 0.05) is 11.2 Å². The first-order valence-corrected chi connectivity index (χ1v) is 6.49. The summed E-state index contributed by atoms with van der Waals surface area (Å²) in [5.74, 6) is 0.495. The van der Waals surface area contributed by atoms with Crippen molar-refractivity contribution >= 4 is 22.9 Å². The van der Waals surface area contributed by atoms with Gasteiger partial charge in [0.25, 0.3) is 0 Å². The van der Waals surface area contributed by atoms with E-state index < -0.39 is 0 Å². The zero-order chi connectivity index (χ0) is 11.7. The van der Waals surface area contributed by atoms with Gasteiger partial charge in [-0.2, -0.15) is 0 Å². The first-order valence-electron chi connectivity index (χ1n) is 5.30. The van der Waals surface area contributed by atoms with Crippen LogP contribution in [0.2, 0.25) is 5.02 Å². The van der Waals surface area contributed by atoms with E-state index in [1.807, 2.05) is 25.3 Å². The molecule has 2 rings (SSSR count). The van der Waals surface area contributed by atoms with Gasteiger partial charge in [-0.3, -0.25) is 0 Å². The Balaban J connectivity index is 2.57. The second-order valence-electron chi connectivity index (χ2n) is 4.13. The lowest BCUT2D eigenvalue weighted by molar-refractivity contribution is 0.869. The van der Waals surface area contributed by atoms with Crippen LogP contribution in [-0.2, 0) is 0 Å². The quantitative estimate of drug-likeness (QED) is 0.740. The van der Waals surface area contributed by atoms with Crippen LogP contribution in [0, 0.1) is 6.92 Å². The van der Waals surface area contributed by atoms with E-state index in [1.54, 1.807) is 11.3 Å². The molecule has 0 unspecified atom stereocenters. The largest absolute Gasteiger partial charge is 0.249 e. The highest BCUT2D eigenvalue weighted by Crippen LogP contribution is 2.34. The first kappa shape index (κ1) is 11.6. The zero-order valence-electron chi connectivity index (χ0n) is 9.62. The number of aryl methyl sites for hydroxylation is 1. The van der Waals surface area contributed by atoms with Crippen molar-refractivity contribution in [3.8, 4) is 10.4 Å². The van der Waals surface area contributed by atoms with Crippen molar-refractivity contribution in [3.05, 3.63) is 40.0 Å². The zero-order valence-corrected chi connectivity index (χ0v) is 11.2. The lowest BCUT2D eigenvalue weighted by Gasteiger charge is -2.11. The van der Waals surface area contributed by atoms with E-state index in [0.717, 1.165) is 10.0 Å². The minimum absolute atomic E-state index is 0.495. The van der Waals surface area contributed by atoms with Crippen molar-refractivity contribution < 1.29 is 0 Å². The highest BCUT2D eigenvalue weighted by atomic mass is 35.5. The van der Waals surface area contributed by atoms with Crippen LogP contribution in [0.1, 0.15) is 30.3 Å². The van der Waals surface area contributed by atoms with Crippen LogP contribution >= 0.6 is 22.9 Å². The van der Waals surface area contributed by atoms with Gasteiger partial charge in [0.15, 0.2) is 0 Å². The van der Waals surface area contributed by atoms with E-state index in [0.29, 0.717) is 5.92 Å².